The molecule has 0 aromatic heterocycles. The van der Waals surface area contributed by atoms with Crippen molar-refractivity contribution in [3.63, 3.8) is 0 Å². The fraction of sp³-hybridized carbons (Fsp3) is 0.333. The van der Waals surface area contributed by atoms with Crippen LogP contribution in [0.25, 0.3) is 0 Å². The smallest absolute Gasteiger partial charge is 0.307 e. The summed E-state index contributed by atoms with van der Waals surface area (Å²) in [5.41, 5.74) is 0.843. The molecule has 0 aliphatic heterocycles. The molecule has 0 aliphatic rings. The number of aliphatic carboxylic acids is 2. The van der Waals surface area contributed by atoms with Crippen molar-refractivity contribution in [1.29, 1.82) is 0 Å². The minimum atomic E-state index is -0.786. The van der Waals surface area contributed by atoms with Gasteiger partial charge < -0.3 is 10.2 Å². The van der Waals surface area contributed by atoms with Crippen molar-refractivity contribution in [3.05, 3.63) is 35.9 Å². The molecule has 0 atom stereocenters. The van der Waals surface area contributed by atoms with E-state index < -0.39 is 11.9 Å². The van der Waals surface area contributed by atoms with Gasteiger partial charge in [0.15, 0.2) is 0 Å². The van der Waals surface area contributed by atoms with Crippen molar-refractivity contribution < 1.29 is 19.8 Å². The lowest BCUT2D eigenvalue weighted by Crippen LogP contribution is -1.98. The van der Waals surface area contributed by atoms with Gasteiger partial charge in [-0.3, -0.25) is 9.59 Å². The number of carboxylic acids is 2. The van der Waals surface area contributed by atoms with Crippen molar-refractivity contribution in [3.8, 4) is 0 Å². The normalized spacial score (nSPS) is 8.81. The van der Waals surface area contributed by atoms with Gasteiger partial charge >= 0.3 is 11.9 Å². The number of hydrogen-bond donors (Lipinski definition) is 2. The summed E-state index contributed by atoms with van der Waals surface area (Å²) in [6.45, 7) is 1.84. The Hall–Kier alpha value is -1.84. The first kappa shape index (κ1) is 14.2. The minimum absolute atomic E-state index is 0.112. The van der Waals surface area contributed by atoms with Gasteiger partial charge in [0.2, 0.25) is 0 Å². The maximum atomic E-state index is 10.2. The number of benzene rings is 1. The molecule has 16 heavy (non-hydrogen) atoms. The molecule has 0 fully saturated rings. The Bertz CT molecular complexity index is 319. The van der Waals surface area contributed by atoms with Gasteiger partial charge in [-0.25, -0.2) is 0 Å². The van der Waals surface area contributed by atoms with E-state index in [0.29, 0.717) is 6.42 Å². The molecular weight excluding hydrogens is 208 g/mol. The van der Waals surface area contributed by atoms with Crippen molar-refractivity contribution in [2.75, 3.05) is 0 Å². The molecule has 0 bridgehead atoms. The van der Waals surface area contributed by atoms with Crippen LogP contribution in [0.1, 0.15) is 25.3 Å². The number of carboxylic acid groups (broad SMARTS) is 2. The highest BCUT2D eigenvalue weighted by molar-refractivity contribution is 5.70. The molecule has 4 heteroatoms. The first-order valence-electron chi connectivity index (χ1n) is 5.03. The maximum Gasteiger partial charge on any atom is 0.307 e. The molecular formula is C12H16O4. The summed E-state index contributed by atoms with van der Waals surface area (Å²) < 4.78 is 0. The molecule has 0 amide bonds. The molecule has 2 N–H and O–H groups in total. The van der Waals surface area contributed by atoms with Crippen molar-refractivity contribution >= 4 is 11.9 Å². The van der Waals surface area contributed by atoms with Gasteiger partial charge in [0.1, 0.15) is 0 Å². The summed E-state index contributed by atoms with van der Waals surface area (Å²) in [6.07, 6.45) is 1.14. The van der Waals surface area contributed by atoms with E-state index >= 15 is 0 Å². The van der Waals surface area contributed by atoms with Gasteiger partial charge in [-0.2, -0.15) is 0 Å². The Kier molecular flexibility index (Phi) is 7.49. The topological polar surface area (TPSA) is 74.6 Å². The SMILES string of the molecule is CCCC(=O)O.O=C(O)Cc1ccccc1. The molecule has 0 aliphatic carbocycles. The highest BCUT2D eigenvalue weighted by atomic mass is 16.4. The molecule has 0 radical (unpaired) electrons. The van der Waals surface area contributed by atoms with Crippen LogP contribution < -0.4 is 0 Å². The number of carbonyl (C=O) groups is 2. The molecule has 1 aromatic rings. The second-order valence-electron chi connectivity index (χ2n) is 3.20. The van der Waals surface area contributed by atoms with Crippen LogP contribution in [-0.2, 0) is 16.0 Å². The standard InChI is InChI=1S/C8H8O2.C4H8O2/c9-8(10)6-7-4-2-1-3-5-7;1-2-3-4(5)6/h1-5H,6H2,(H,9,10);2-3H2,1H3,(H,5,6). The van der Waals surface area contributed by atoms with E-state index in [2.05, 4.69) is 0 Å². The van der Waals surface area contributed by atoms with Gasteiger partial charge in [0, 0.05) is 6.42 Å². The van der Waals surface area contributed by atoms with Crippen LogP contribution in [0, 0.1) is 0 Å². The first-order valence-corrected chi connectivity index (χ1v) is 5.03. The molecule has 0 spiro atoms. The Morgan fingerprint density at radius 3 is 1.94 bits per heavy atom. The van der Waals surface area contributed by atoms with Crippen LogP contribution in [0.4, 0.5) is 0 Å². The van der Waals surface area contributed by atoms with Gasteiger partial charge in [-0.15, -0.1) is 0 Å². The molecule has 0 heterocycles. The second-order valence-corrected chi connectivity index (χ2v) is 3.20. The largest absolute Gasteiger partial charge is 0.481 e. The summed E-state index contributed by atoms with van der Waals surface area (Å²) in [5.74, 6) is -1.50. The lowest BCUT2D eigenvalue weighted by Gasteiger charge is -1.92. The van der Waals surface area contributed by atoms with E-state index in [1.165, 1.54) is 0 Å². The average molecular weight is 224 g/mol. The molecule has 88 valence electrons. The lowest BCUT2D eigenvalue weighted by atomic mass is 10.2. The van der Waals surface area contributed by atoms with E-state index in [0.717, 1.165) is 12.0 Å². The summed E-state index contributed by atoms with van der Waals surface area (Å²) in [4.78, 5) is 19.8. The third-order valence-electron chi connectivity index (χ3n) is 1.66. The zero-order valence-electron chi connectivity index (χ0n) is 9.22. The Labute approximate surface area is 94.5 Å². The van der Waals surface area contributed by atoms with Crippen molar-refractivity contribution in [2.45, 2.75) is 26.2 Å². The molecule has 0 unspecified atom stereocenters. The molecule has 1 rings (SSSR count). The summed E-state index contributed by atoms with van der Waals surface area (Å²) in [6, 6.07) is 9.13. The zero-order valence-corrected chi connectivity index (χ0v) is 9.22. The van der Waals surface area contributed by atoms with Gasteiger partial charge in [0.05, 0.1) is 6.42 Å². The van der Waals surface area contributed by atoms with Crippen molar-refractivity contribution in [2.24, 2.45) is 0 Å². The Balaban J connectivity index is 0.000000325. The zero-order chi connectivity index (χ0) is 12.4. The second kappa shape index (κ2) is 8.47. The first-order chi connectivity index (χ1) is 7.56. The minimum Gasteiger partial charge on any atom is -0.481 e. The predicted molar refractivity (Wildman–Crippen MR) is 60.3 cm³/mol. The predicted octanol–water partition coefficient (Wildman–Crippen LogP) is 2.18. The molecule has 0 saturated heterocycles. The summed E-state index contributed by atoms with van der Waals surface area (Å²) >= 11 is 0. The summed E-state index contributed by atoms with van der Waals surface area (Å²) in [5, 5.41) is 16.3. The molecule has 4 nitrogen and oxygen atoms in total. The summed E-state index contributed by atoms with van der Waals surface area (Å²) in [7, 11) is 0. The van der Waals surface area contributed by atoms with Crippen LogP contribution >= 0.6 is 0 Å². The van der Waals surface area contributed by atoms with E-state index in [1.807, 2.05) is 25.1 Å². The average Bonchev–Trinajstić information content (AvgIpc) is 2.18. The highest BCUT2D eigenvalue weighted by Crippen LogP contribution is 1.98. The number of rotatable bonds is 4. The number of hydrogen-bond acceptors (Lipinski definition) is 2. The van der Waals surface area contributed by atoms with E-state index in [4.69, 9.17) is 10.2 Å². The monoisotopic (exact) mass is 224 g/mol. The van der Waals surface area contributed by atoms with Crippen LogP contribution in [0.2, 0.25) is 0 Å². The van der Waals surface area contributed by atoms with Gasteiger partial charge in [0.25, 0.3) is 0 Å². The Morgan fingerprint density at radius 2 is 1.62 bits per heavy atom. The molecule has 0 saturated carbocycles. The van der Waals surface area contributed by atoms with E-state index in [1.54, 1.807) is 12.1 Å². The van der Waals surface area contributed by atoms with E-state index in [9.17, 15) is 9.59 Å². The Morgan fingerprint density at radius 1 is 1.06 bits per heavy atom. The fourth-order valence-corrected chi connectivity index (χ4v) is 0.984. The van der Waals surface area contributed by atoms with Crippen molar-refractivity contribution in [1.82, 2.24) is 0 Å². The third kappa shape index (κ3) is 8.74. The third-order valence-corrected chi connectivity index (χ3v) is 1.66. The van der Waals surface area contributed by atoms with E-state index in [-0.39, 0.29) is 6.42 Å². The van der Waals surface area contributed by atoms with Crippen LogP contribution in [0.5, 0.6) is 0 Å². The van der Waals surface area contributed by atoms with Crippen LogP contribution in [0.3, 0.4) is 0 Å². The van der Waals surface area contributed by atoms with Gasteiger partial charge in [-0.1, -0.05) is 37.3 Å². The van der Waals surface area contributed by atoms with Crippen LogP contribution in [-0.4, -0.2) is 22.2 Å². The quantitative estimate of drug-likeness (QED) is 0.822. The fourth-order valence-electron chi connectivity index (χ4n) is 0.984. The van der Waals surface area contributed by atoms with Crippen LogP contribution in [0.15, 0.2) is 30.3 Å². The lowest BCUT2D eigenvalue weighted by molar-refractivity contribution is -0.137. The maximum absolute atomic E-state index is 10.2. The van der Waals surface area contributed by atoms with Gasteiger partial charge in [-0.05, 0) is 12.0 Å². The molecule has 1 aromatic carbocycles. The highest BCUT2D eigenvalue weighted by Gasteiger charge is 1.96.